The lowest BCUT2D eigenvalue weighted by molar-refractivity contribution is -0.131. The van der Waals surface area contributed by atoms with Crippen molar-refractivity contribution in [2.75, 3.05) is 6.61 Å². The predicted molar refractivity (Wildman–Crippen MR) is 178 cm³/mol. The Labute approximate surface area is 268 Å². The van der Waals surface area contributed by atoms with E-state index in [9.17, 15) is 19.2 Å². The average molecular weight is 621 g/mol. The number of aromatic amines is 1. The van der Waals surface area contributed by atoms with Crippen molar-refractivity contribution in [1.82, 2.24) is 20.9 Å². The smallest absolute Gasteiger partial charge is 0.248 e. The van der Waals surface area contributed by atoms with Crippen LogP contribution in [0.4, 0.5) is 0 Å². The van der Waals surface area contributed by atoms with Crippen molar-refractivity contribution in [3.8, 4) is 0 Å². The third-order valence-electron chi connectivity index (χ3n) is 8.28. The topological polar surface area (TPSA) is 133 Å². The summed E-state index contributed by atoms with van der Waals surface area (Å²) in [5.74, 6) is -1.29. The maximum Gasteiger partial charge on any atom is 0.248 e. The Morgan fingerprint density at radius 2 is 1.59 bits per heavy atom. The van der Waals surface area contributed by atoms with Gasteiger partial charge in [-0.25, -0.2) is 0 Å². The summed E-state index contributed by atoms with van der Waals surface area (Å²) >= 11 is 0. The first-order valence-corrected chi connectivity index (χ1v) is 15.6. The summed E-state index contributed by atoms with van der Waals surface area (Å²) < 4.78 is 4.71. The molecule has 238 valence electrons. The molecule has 0 saturated carbocycles. The molecule has 2 unspecified atom stereocenters. The summed E-state index contributed by atoms with van der Waals surface area (Å²) in [7, 11) is 0. The molecule has 1 aliphatic heterocycles. The highest BCUT2D eigenvalue weighted by molar-refractivity contribution is 6.05. The molecule has 9 nitrogen and oxygen atoms in total. The highest BCUT2D eigenvalue weighted by Gasteiger charge is 2.29. The monoisotopic (exact) mass is 620 g/mol. The molecule has 6 rings (SSSR count). The van der Waals surface area contributed by atoms with E-state index >= 15 is 0 Å². The largest absolute Gasteiger partial charge is 0.373 e. The fraction of sp³-hybridized carbons (Fsp3) is 0.297. The number of hydrogen-bond acceptors (Lipinski definition) is 5. The van der Waals surface area contributed by atoms with Crippen LogP contribution in [0.1, 0.15) is 43.0 Å². The Bertz CT molecular complexity index is 1740. The summed E-state index contributed by atoms with van der Waals surface area (Å²) in [5.41, 5.74) is 6.29. The van der Waals surface area contributed by atoms with Crippen LogP contribution in [-0.4, -0.2) is 59.8 Å². The summed E-state index contributed by atoms with van der Waals surface area (Å²) in [6.07, 6.45) is 4.12. The minimum Gasteiger partial charge on any atom is -0.373 e. The molecule has 1 aliphatic carbocycles. The van der Waals surface area contributed by atoms with E-state index < -0.39 is 29.9 Å². The lowest BCUT2D eigenvalue weighted by Crippen LogP contribution is -2.55. The van der Waals surface area contributed by atoms with E-state index in [1.165, 1.54) is 0 Å². The Kier molecular flexibility index (Phi) is 10.4. The molecule has 2 heterocycles. The maximum atomic E-state index is 13.5. The van der Waals surface area contributed by atoms with E-state index in [1.807, 2.05) is 92.0 Å². The molecule has 4 N–H and O–H groups in total. The summed E-state index contributed by atoms with van der Waals surface area (Å²) in [6, 6.07) is 22.3. The number of H-pyrrole nitrogens is 1. The van der Waals surface area contributed by atoms with Crippen molar-refractivity contribution in [2.45, 2.75) is 64.3 Å². The number of benzene rings is 3. The lowest BCUT2D eigenvalue weighted by Gasteiger charge is -2.23. The summed E-state index contributed by atoms with van der Waals surface area (Å²) in [5, 5.41) is 9.36. The van der Waals surface area contributed by atoms with Gasteiger partial charge in [-0.05, 0) is 61.1 Å². The molecule has 0 radical (unpaired) electrons. The van der Waals surface area contributed by atoms with Crippen LogP contribution in [0.15, 0.2) is 90.6 Å². The maximum absolute atomic E-state index is 13.5. The Morgan fingerprint density at radius 1 is 0.913 bits per heavy atom. The van der Waals surface area contributed by atoms with Crippen LogP contribution in [0.3, 0.4) is 0 Å². The number of para-hydroxylation sites is 1. The molecule has 0 spiro atoms. The predicted octanol–water partition coefficient (Wildman–Crippen LogP) is 4.06. The second-order valence-corrected chi connectivity index (χ2v) is 11.8. The van der Waals surface area contributed by atoms with E-state index in [0.717, 1.165) is 45.3 Å². The molecule has 2 aliphatic rings. The number of aromatic nitrogens is 1. The Hall–Kier alpha value is -5.02. The fourth-order valence-corrected chi connectivity index (χ4v) is 5.53. The van der Waals surface area contributed by atoms with Gasteiger partial charge in [-0.3, -0.25) is 14.4 Å². The number of rotatable bonds is 11. The number of carbonyl (C=O) groups excluding carboxylic acids is 4. The first kappa shape index (κ1) is 32.4. The van der Waals surface area contributed by atoms with E-state index in [0.29, 0.717) is 30.8 Å². The van der Waals surface area contributed by atoms with Gasteiger partial charge in [-0.1, -0.05) is 72.8 Å². The molecular weight excluding hydrogens is 580 g/mol. The molecule has 3 aromatic carbocycles. The van der Waals surface area contributed by atoms with Crippen LogP contribution < -0.4 is 16.0 Å². The molecule has 1 fully saturated rings. The van der Waals surface area contributed by atoms with E-state index in [-0.39, 0.29) is 12.3 Å². The first-order valence-electron chi connectivity index (χ1n) is 15.6. The van der Waals surface area contributed by atoms with Crippen molar-refractivity contribution >= 4 is 40.5 Å². The van der Waals surface area contributed by atoms with Crippen LogP contribution in [0.25, 0.3) is 16.5 Å². The lowest BCUT2D eigenvalue weighted by atomic mass is 10.0. The molecule has 9 heteroatoms. The van der Waals surface area contributed by atoms with Gasteiger partial charge in [0, 0.05) is 35.5 Å². The number of allylic oxidation sites excluding steroid dienone is 1. The number of hydrogen-bond donors (Lipinski definition) is 4. The van der Waals surface area contributed by atoms with Gasteiger partial charge < -0.3 is 30.5 Å². The number of fused-ring (bicyclic) bond motifs is 2. The molecule has 1 aromatic heterocycles. The van der Waals surface area contributed by atoms with Crippen molar-refractivity contribution in [1.29, 1.82) is 0 Å². The number of nitrogens with one attached hydrogen (secondary N) is 4. The van der Waals surface area contributed by atoms with Crippen molar-refractivity contribution in [3.63, 3.8) is 0 Å². The van der Waals surface area contributed by atoms with Crippen LogP contribution in [0, 0.1) is 0 Å². The Morgan fingerprint density at radius 3 is 2.28 bits per heavy atom. The van der Waals surface area contributed by atoms with Gasteiger partial charge in [0.25, 0.3) is 0 Å². The van der Waals surface area contributed by atoms with Gasteiger partial charge in [0.15, 0.2) is 0 Å². The van der Waals surface area contributed by atoms with Crippen LogP contribution in [0.2, 0.25) is 0 Å². The van der Waals surface area contributed by atoms with Gasteiger partial charge in [0.05, 0.1) is 18.8 Å². The zero-order valence-electron chi connectivity index (χ0n) is 26.3. The second-order valence-electron chi connectivity index (χ2n) is 11.8. The average Bonchev–Trinajstić information content (AvgIpc) is 3.63. The summed E-state index contributed by atoms with van der Waals surface area (Å²) in [6.45, 7) is 6.54. The third-order valence-corrected chi connectivity index (χ3v) is 8.28. The normalized spacial score (nSPS) is 16.7. The van der Waals surface area contributed by atoms with Crippen molar-refractivity contribution in [2.24, 2.45) is 0 Å². The highest BCUT2D eigenvalue weighted by atomic mass is 16.6. The first-order chi connectivity index (χ1) is 22.2. The molecule has 4 aromatic rings. The van der Waals surface area contributed by atoms with E-state index in [2.05, 4.69) is 27.9 Å². The van der Waals surface area contributed by atoms with Crippen molar-refractivity contribution in [3.05, 3.63) is 113 Å². The molecule has 3 amide bonds. The zero-order chi connectivity index (χ0) is 32.6. The highest BCUT2D eigenvalue weighted by Crippen LogP contribution is 2.32. The number of amides is 3. The summed E-state index contributed by atoms with van der Waals surface area (Å²) in [4.78, 5) is 55.1. The van der Waals surface area contributed by atoms with E-state index in [1.54, 1.807) is 6.92 Å². The Balaban J connectivity index is 0.000000966. The zero-order valence-corrected chi connectivity index (χ0v) is 26.3. The second kappa shape index (κ2) is 14.8. The number of aldehydes is 1. The van der Waals surface area contributed by atoms with Gasteiger partial charge in [0.1, 0.15) is 18.4 Å². The fourth-order valence-electron chi connectivity index (χ4n) is 5.53. The molecule has 0 bridgehead atoms. The minimum absolute atomic E-state index is 0.193. The number of carbonyl (C=O) groups is 4. The quantitative estimate of drug-likeness (QED) is 0.148. The molecular formula is C37H40N4O5. The number of epoxide rings is 1. The molecule has 4 atom stereocenters. The van der Waals surface area contributed by atoms with Crippen LogP contribution >= 0.6 is 0 Å². The van der Waals surface area contributed by atoms with Gasteiger partial charge in [-0.2, -0.15) is 0 Å². The van der Waals surface area contributed by atoms with Gasteiger partial charge in [-0.15, -0.1) is 0 Å². The van der Waals surface area contributed by atoms with Crippen LogP contribution in [-0.2, 0) is 43.2 Å². The SMILES string of the molecule is CC1=C(C(=O)NC(C)C(=O)N[C@@H](Cc2c[nH]c3ccccc23)C(=O)N[C@H](C=O)Cc2ccccc2)Cc2ccccc21.CC1CO1. The van der Waals surface area contributed by atoms with Crippen LogP contribution in [0.5, 0.6) is 0 Å². The van der Waals surface area contributed by atoms with Gasteiger partial charge >= 0.3 is 0 Å². The standard InChI is InChI=1S/C34H34N4O4.C3H6O/c1-21-27-13-7-6-12-24(27)17-29(21)33(41)36-22(2)32(40)38-31(18-25-19-35-30-15-9-8-14-28(25)30)34(42)37-26(20-39)16-23-10-4-3-5-11-23;1-3-2-4-3/h3-15,19-20,22,26,31,35H,16-18H2,1-2H3,(H,36,41)(H,37,42)(H,38,40);3H,2H2,1H3/t22?,26-,31-;/m0./s1. The number of ether oxygens (including phenoxy) is 1. The van der Waals surface area contributed by atoms with E-state index in [4.69, 9.17) is 4.74 Å². The molecule has 46 heavy (non-hydrogen) atoms. The third kappa shape index (κ3) is 8.17. The minimum atomic E-state index is -0.981. The van der Waals surface area contributed by atoms with Crippen molar-refractivity contribution < 1.29 is 23.9 Å². The van der Waals surface area contributed by atoms with Gasteiger partial charge in [0.2, 0.25) is 17.7 Å². The molecule has 1 saturated heterocycles.